The third-order valence-electron chi connectivity index (χ3n) is 5.49. The molecule has 0 saturated carbocycles. The maximum Gasteiger partial charge on any atom is 0.335 e. The number of hydrogen-bond donors (Lipinski definition) is 10. The van der Waals surface area contributed by atoms with Gasteiger partial charge in [0.25, 0.3) is 0 Å². The Balaban J connectivity index is 0.000000370. The smallest absolute Gasteiger partial charge is 0.335 e. The minimum Gasteiger partial charge on any atom is -0.478 e. The van der Waals surface area contributed by atoms with Gasteiger partial charge in [-0.1, -0.05) is 11.6 Å². The molecule has 0 amide bonds. The van der Waals surface area contributed by atoms with Crippen molar-refractivity contribution in [2.45, 2.75) is 0 Å². The SMILES string of the molecule is Nc1cc(C(=O)O)cc(C(=O)O)c1.O=C(O)c1cc(N=C2C=C(Cl)NN(Nc3cc(C(=O)O)cc(C(=O)O)c3)N2)cc(C(=O)O)c1. The molecule has 3 aromatic carbocycles. The Kier molecular flexibility index (Phi) is 10.5. The Labute approximate surface area is 261 Å². The summed E-state index contributed by atoms with van der Waals surface area (Å²) in [6, 6.07) is 10.1. The number of rotatable bonds is 9. The lowest BCUT2D eigenvalue weighted by atomic mass is 10.1. The topological polar surface area (TPSA) is 302 Å². The van der Waals surface area contributed by atoms with Crippen molar-refractivity contribution in [3.8, 4) is 0 Å². The van der Waals surface area contributed by atoms with E-state index in [1.807, 2.05) is 0 Å². The maximum absolute atomic E-state index is 11.3. The number of nitrogens with one attached hydrogen (secondary N) is 3. The van der Waals surface area contributed by atoms with Crippen LogP contribution in [0.3, 0.4) is 0 Å². The molecule has 0 spiro atoms. The van der Waals surface area contributed by atoms with Crippen molar-refractivity contribution in [2.24, 2.45) is 4.99 Å². The quantitative estimate of drug-likeness (QED) is 0.117. The third-order valence-corrected chi connectivity index (χ3v) is 5.68. The van der Waals surface area contributed by atoms with E-state index in [0.717, 1.165) is 35.6 Å². The fourth-order valence-corrected chi connectivity index (χ4v) is 3.76. The summed E-state index contributed by atoms with van der Waals surface area (Å²) in [5.74, 6) is -7.73. The van der Waals surface area contributed by atoms with Crippen LogP contribution in [0.1, 0.15) is 62.1 Å². The van der Waals surface area contributed by atoms with Gasteiger partial charge in [-0.15, -0.1) is 0 Å². The summed E-state index contributed by atoms with van der Waals surface area (Å²) in [4.78, 5) is 70.2. The molecule has 1 heterocycles. The number of nitrogens with zero attached hydrogens (tertiary/aromatic N) is 2. The van der Waals surface area contributed by atoms with E-state index < -0.39 is 35.8 Å². The van der Waals surface area contributed by atoms with Crippen LogP contribution in [0.25, 0.3) is 0 Å². The molecule has 46 heavy (non-hydrogen) atoms. The van der Waals surface area contributed by atoms with E-state index in [-0.39, 0.29) is 61.4 Å². The van der Waals surface area contributed by atoms with Gasteiger partial charge in [-0.3, -0.25) is 16.3 Å². The number of carboxylic acid groups (broad SMARTS) is 6. The number of aromatic carboxylic acids is 6. The average Bonchev–Trinajstić information content (AvgIpc) is 2.96. The highest BCUT2D eigenvalue weighted by atomic mass is 35.5. The van der Waals surface area contributed by atoms with E-state index in [1.54, 1.807) is 0 Å². The number of nitrogen functional groups attached to an aromatic ring is 1. The van der Waals surface area contributed by atoms with Gasteiger partial charge >= 0.3 is 35.8 Å². The average molecular weight is 657 g/mol. The zero-order valence-corrected chi connectivity index (χ0v) is 23.5. The van der Waals surface area contributed by atoms with Gasteiger partial charge in [-0.05, 0) is 59.8 Å². The van der Waals surface area contributed by atoms with Gasteiger partial charge in [0.2, 0.25) is 0 Å². The van der Waals surface area contributed by atoms with Gasteiger partial charge in [0.1, 0.15) is 11.0 Å². The number of carboxylic acids is 6. The summed E-state index contributed by atoms with van der Waals surface area (Å²) in [6.45, 7) is 0. The molecule has 0 atom stereocenters. The molecule has 18 nitrogen and oxygen atoms in total. The Morgan fingerprint density at radius 2 is 0.978 bits per heavy atom. The van der Waals surface area contributed by atoms with E-state index >= 15 is 0 Å². The monoisotopic (exact) mass is 656 g/mol. The number of hydrogen-bond acceptors (Lipinski definition) is 11. The minimum absolute atomic E-state index is 0.00148. The van der Waals surface area contributed by atoms with Crippen molar-refractivity contribution >= 4 is 70.3 Å². The van der Waals surface area contributed by atoms with Crippen LogP contribution in [-0.2, 0) is 0 Å². The van der Waals surface area contributed by atoms with Crippen molar-refractivity contribution in [1.29, 1.82) is 0 Å². The summed E-state index contributed by atoms with van der Waals surface area (Å²) in [6.07, 6.45) is 1.31. The van der Waals surface area contributed by atoms with Crippen molar-refractivity contribution in [3.05, 3.63) is 99.2 Å². The molecule has 0 unspecified atom stereocenters. The first-order valence-electron chi connectivity index (χ1n) is 12.2. The Hall–Kier alpha value is -6.66. The highest BCUT2D eigenvalue weighted by Crippen LogP contribution is 2.21. The van der Waals surface area contributed by atoms with Crippen LogP contribution in [0, 0.1) is 0 Å². The Morgan fingerprint density at radius 3 is 1.37 bits per heavy atom. The lowest BCUT2D eigenvalue weighted by Crippen LogP contribution is -2.55. The molecule has 0 aliphatic carbocycles. The predicted octanol–water partition coefficient (Wildman–Crippen LogP) is 2.61. The highest BCUT2D eigenvalue weighted by Gasteiger charge is 2.18. The zero-order valence-electron chi connectivity index (χ0n) is 22.8. The molecule has 0 radical (unpaired) electrons. The number of benzene rings is 3. The van der Waals surface area contributed by atoms with Crippen LogP contribution < -0.4 is 22.0 Å². The highest BCUT2D eigenvalue weighted by molar-refractivity contribution is 6.31. The van der Waals surface area contributed by atoms with Crippen LogP contribution in [0.2, 0.25) is 0 Å². The van der Waals surface area contributed by atoms with E-state index in [4.69, 9.17) is 27.5 Å². The second kappa shape index (κ2) is 14.2. The van der Waals surface area contributed by atoms with Gasteiger partial charge in [0.05, 0.1) is 44.8 Å². The predicted molar refractivity (Wildman–Crippen MR) is 158 cm³/mol. The normalized spacial score (nSPS) is 13.2. The molecule has 238 valence electrons. The van der Waals surface area contributed by atoms with E-state index in [1.165, 1.54) is 30.3 Å². The van der Waals surface area contributed by atoms with Crippen LogP contribution in [0.5, 0.6) is 0 Å². The van der Waals surface area contributed by atoms with Gasteiger partial charge in [-0.2, -0.15) is 0 Å². The van der Waals surface area contributed by atoms with E-state index in [9.17, 15) is 49.2 Å². The first-order valence-corrected chi connectivity index (χ1v) is 12.6. The lowest BCUT2D eigenvalue weighted by molar-refractivity contribution is 0.0676. The van der Waals surface area contributed by atoms with Gasteiger partial charge in [-0.25, -0.2) is 33.8 Å². The fourth-order valence-electron chi connectivity index (χ4n) is 3.58. The standard InChI is InChI=1S/C19H14ClN5O8.C8H7NO4/c20-14-7-15(21-12-3-8(16(26)27)1-9(4-12)17(28)29)24-25(23-14)22-13-5-10(18(30)31)2-11(6-13)19(32)33;9-6-2-4(7(10)11)1-5(3-6)8(12)13/h1-7,22-23H,(H,21,24)(H,26,27)(H,28,29)(H,30,31)(H,32,33);1-3H,9H2,(H,10,11)(H,12,13). The molecular formula is C27H21ClN6O12. The molecule has 1 aliphatic rings. The molecule has 1 aliphatic heterocycles. The molecule has 4 rings (SSSR count). The number of aliphatic imine (C=N–C) groups is 1. The van der Waals surface area contributed by atoms with Crippen molar-refractivity contribution < 1.29 is 59.4 Å². The van der Waals surface area contributed by atoms with E-state index in [0.29, 0.717) is 0 Å². The second-order valence-corrected chi connectivity index (χ2v) is 9.31. The van der Waals surface area contributed by atoms with Crippen molar-refractivity contribution in [3.63, 3.8) is 0 Å². The molecule has 0 fully saturated rings. The zero-order chi connectivity index (χ0) is 34.3. The van der Waals surface area contributed by atoms with Crippen LogP contribution in [0.4, 0.5) is 17.1 Å². The van der Waals surface area contributed by atoms with Crippen molar-refractivity contribution in [1.82, 2.24) is 16.1 Å². The van der Waals surface area contributed by atoms with Crippen LogP contribution in [0.15, 0.2) is 70.8 Å². The van der Waals surface area contributed by atoms with Crippen LogP contribution in [-0.4, -0.2) is 77.5 Å². The number of anilines is 2. The van der Waals surface area contributed by atoms with Crippen LogP contribution >= 0.6 is 11.6 Å². The molecular weight excluding hydrogens is 636 g/mol. The molecule has 19 heteroatoms. The summed E-state index contributed by atoms with van der Waals surface area (Å²) in [7, 11) is 0. The summed E-state index contributed by atoms with van der Waals surface area (Å²) in [5.41, 5.74) is 12.1. The Morgan fingerprint density at radius 1 is 0.609 bits per heavy atom. The van der Waals surface area contributed by atoms with E-state index in [2.05, 4.69) is 21.3 Å². The molecule has 11 N–H and O–H groups in total. The number of halogens is 1. The summed E-state index contributed by atoms with van der Waals surface area (Å²) in [5, 5.41) is 55.0. The summed E-state index contributed by atoms with van der Waals surface area (Å²) < 4.78 is 0. The maximum atomic E-state index is 11.3. The minimum atomic E-state index is -1.35. The van der Waals surface area contributed by atoms with Gasteiger partial charge < -0.3 is 36.4 Å². The summed E-state index contributed by atoms with van der Waals surface area (Å²) >= 11 is 6.04. The molecule has 0 bridgehead atoms. The Bertz CT molecular complexity index is 1740. The number of hydrazine groups is 3. The van der Waals surface area contributed by atoms with Crippen molar-refractivity contribution in [2.75, 3.05) is 11.2 Å². The third kappa shape index (κ3) is 9.17. The number of carbonyl (C=O) groups is 6. The molecule has 0 saturated heterocycles. The fraction of sp³-hybridized carbons (Fsp3) is 0. The number of nitrogens with two attached hydrogens (primary N) is 1. The molecule has 3 aromatic rings. The first kappa shape index (κ1) is 33.8. The van der Waals surface area contributed by atoms with Gasteiger partial charge in [0, 0.05) is 11.8 Å². The largest absolute Gasteiger partial charge is 0.478 e. The molecule has 0 aromatic heterocycles. The second-order valence-electron chi connectivity index (χ2n) is 8.90. The number of amidine groups is 1. The van der Waals surface area contributed by atoms with Gasteiger partial charge in [0.15, 0.2) is 0 Å². The lowest BCUT2D eigenvalue weighted by Gasteiger charge is -2.29. The first-order chi connectivity index (χ1) is 21.5.